The highest BCUT2D eigenvalue weighted by Gasteiger charge is 2.21. The molecule has 1 fully saturated rings. The van der Waals surface area contributed by atoms with E-state index in [4.69, 9.17) is 34.8 Å². The number of carbonyl (C=O) groups excluding carboxylic acids is 1. The summed E-state index contributed by atoms with van der Waals surface area (Å²) in [5.74, 6) is 0.0769. The summed E-state index contributed by atoms with van der Waals surface area (Å²) in [5, 5.41) is 10.9. The largest absolute Gasteiger partial charge is 0.381 e. The fourth-order valence-corrected chi connectivity index (χ4v) is 3.81. The molecule has 162 valence electrons. The van der Waals surface area contributed by atoms with Gasteiger partial charge < -0.3 is 10.6 Å². The number of nitrogens with zero attached hydrogens (tertiary/aromatic N) is 3. The van der Waals surface area contributed by atoms with Gasteiger partial charge in [-0.1, -0.05) is 41.7 Å². The van der Waals surface area contributed by atoms with Crippen LogP contribution in [0.2, 0.25) is 15.1 Å². The van der Waals surface area contributed by atoms with E-state index in [0.29, 0.717) is 17.3 Å². The number of likely N-dealkylation sites (tertiary alicyclic amines) is 1. The van der Waals surface area contributed by atoms with Crippen LogP contribution in [0, 0.1) is 0 Å². The number of carbonyl (C=O) groups is 1. The van der Waals surface area contributed by atoms with Crippen LogP contribution in [-0.4, -0.2) is 52.8 Å². The molecule has 2 aromatic rings. The molecular weight excluding hydrogens is 449 g/mol. The fourth-order valence-electron chi connectivity index (χ4n) is 3.33. The number of anilines is 1. The van der Waals surface area contributed by atoms with Crippen LogP contribution in [0.1, 0.15) is 26.2 Å². The number of rotatable bonds is 7. The zero-order valence-electron chi connectivity index (χ0n) is 16.6. The first-order chi connectivity index (χ1) is 14.4. The van der Waals surface area contributed by atoms with Gasteiger partial charge in [-0.25, -0.2) is 0 Å². The van der Waals surface area contributed by atoms with Crippen molar-refractivity contribution in [1.29, 1.82) is 0 Å². The van der Waals surface area contributed by atoms with Crippen LogP contribution in [0.5, 0.6) is 0 Å². The first kappa shape index (κ1) is 22.9. The summed E-state index contributed by atoms with van der Waals surface area (Å²) < 4.78 is 1.16. The van der Waals surface area contributed by atoms with E-state index in [-0.39, 0.29) is 22.0 Å². The average Bonchev–Trinajstić information content (AvgIpc) is 2.73. The van der Waals surface area contributed by atoms with Crippen molar-refractivity contribution in [3.05, 3.63) is 49.8 Å². The Hall–Kier alpha value is -1.80. The molecule has 7 nitrogen and oxygen atoms in total. The summed E-state index contributed by atoms with van der Waals surface area (Å²) in [6, 6.07) is 5.49. The molecule has 30 heavy (non-hydrogen) atoms. The molecule has 1 aliphatic heterocycles. The Kier molecular flexibility index (Phi) is 7.99. The van der Waals surface area contributed by atoms with E-state index in [1.807, 2.05) is 13.0 Å². The molecule has 2 heterocycles. The van der Waals surface area contributed by atoms with Crippen LogP contribution in [0.25, 0.3) is 5.69 Å². The van der Waals surface area contributed by atoms with Crippen molar-refractivity contribution >= 4 is 46.4 Å². The van der Waals surface area contributed by atoms with Crippen molar-refractivity contribution in [2.75, 3.05) is 31.5 Å². The maximum Gasteiger partial charge on any atom is 0.291 e. The number of nitrogens with one attached hydrogen (secondary N) is 2. The Bertz CT molecular complexity index is 958. The molecule has 3 rings (SSSR count). The first-order valence-electron chi connectivity index (χ1n) is 9.88. The highest BCUT2D eigenvalue weighted by Crippen LogP contribution is 2.27. The third kappa shape index (κ3) is 5.66. The van der Waals surface area contributed by atoms with Crippen LogP contribution in [0.15, 0.2) is 29.2 Å². The molecule has 1 amide bonds. The van der Waals surface area contributed by atoms with Crippen LogP contribution >= 0.6 is 34.8 Å². The van der Waals surface area contributed by atoms with Crippen LogP contribution in [0.4, 0.5) is 5.69 Å². The SMILES string of the molecule is CCCNC(=O)CN1CCC(Nc2ccc(-n3ncc(Cl)c(Cl)c3=O)cc2Cl)CC1. The Labute approximate surface area is 190 Å². The third-order valence-electron chi connectivity index (χ3n) is 4.96. The molecule has 1 aromatic carbocycles. The Morgan fingerprint density at radius 1 is 1.20 bits per heavy atom. The van der Waals surface area contributed by atoms with E-state index in [9.17, 15) is 9.59 Å². The molecule has 0 aliphatic carbocycles. The summed E-state index contributed by atoms with van der Waals surface area (Å²) in [5.41, 5.74) is 0.783. The molecule has 1 aliphatic rings. The topological polar surface area (TPSA) is 79.3 Å². The minimum atomic E-state index is -0.503. The zero-order chi connectivity index (χ0) is 21.7. The van der Waals surface area contributed by atoms with Gasteiger partial charge in [0.2, 0.25) is 5.91 Å². The number of halogens is 3. The number of benzene rings is 1. The van der Waals surface area contributed by atoms with Crippen molar-refractivity contribution < 1.29 is 4.79 Å². The lowest BCUT2D eigenvalue weighted by molar-refractivity contribution is -0.122. The maximum atomic E-state index is 12.3. The first-order valence-corrected chi connectivity index (χ1v) is 11.0. The number of aromatic nitrogens is 2. The lowest BCUT2D eigenvalue weighted by Crippen LogP contribution is -2.44. The van der Waals surface area contributed by atoms with Gasteiger partial charge in [-0.2, -0.15) is 9.78 Å². The highest BCUT2D eigenvalue weighted by atomic mass is 35.5. The molecule has 1 saturated heterocycles. The standard InChI is InChI=1S/C20H24Cl3N5O2/c1-2-7-24-18(29)12-27-8-5-13(6-9-27)26-17-4-3-14(10-15(17)21)28-20(30)19(23)16(22)11-25-28/h3-4,10-11,13,26H,2,5-9,12H2,1H3,(H,24,29). The van der Waals surface area contributed by atoms with E-state index in [2.05, 4.69) is 20.6 Å². The quantitative estimate of drug-likeness (QED) is 0.644. The van der Waals surface area contributed by atoms with Gasteiger partial charge in [-0.15, -0.1) is 0 Å². The van der Waals surface area contributed by atoms with Gasteiger partial charge in [0.25, 0.3) is 5.56 Å². The highest BCUT2D eigenvalue weighted by molar-refractivity contribution is 6.41. The molecule has 0 atom stereocenters. The molecule has 2 N–H and O–H groups in total. The fraction of sp³-hybridized carbons (Fsp3) is 0.450. The number of hydrogen-bond donors (Lipinski definition) is 2. The normalized spacial score (nSPS) is 15.2. The molecule has 10 heteroatoms. The summed E-state index contributed by atoms with van der Waals surface area (Å²) in [6.45, 7) is 4.88. The van der Waals surface area contributed by atoms with Gasteiger partial charge in [0.05, 0.1) is 34.2 Å². The summed E-state index contributed by atoms with van der Waals surface area (Å²) >= 11 is 18.2. The van der Waals surface area contributed by atoms with Crippen molar-refractivity contribution in [3.8, 4) is 5.69 Å². The van der Waals surface area contributed by atoms with E-state index < -0.39 is 5.56 Å². The van der Waals surface area contributed by atoms with Crippen molar-refractivity contribution in [3.63, 3.8) is 0 Å². The second kappa shape index (κ2) is 10.5. The third-order valence-corrected chi connectivity index (χ3v) is 6.02. The van der Waals surface area contributed by atoms with Gasteiger partial charge in [0.15, 0.2) is 0 Å². The Morgan fingerprint density at radius 2 is 1.93 bits per heavy atom. The van der Waals surface area contributed by atoms with E-state index in [0.717, 1.165) is 49.3 Å². The van der Waals surface area contributed by atoms with Crippen molar-refractivity contribution in [2.24, 2.45) is 0 Å². The van der Waals surface area contributed by atoms with Crippen LogP contribution in [-0.2, 0) is 4.79 Å². The van der Waals surface area contributed by atoms with E-state index in [1.54, 1.807) is 12.1 Å². The summed E-state index contributed by atoms with van der Waals surface area (Å²) in [7, 11) is 0. The molecule has 0 radical (unpaired) electrons. The Balaban J connectivity index is 1.59. The van der Waals surface area contributed by atoms with Crippen molar-refractivity contribution in [1.82, 2.24) is 20.0 Å². The van der Waals surface area contributed by atoms with Gasteiger partial charge in [-0.3, -0.25) is 14.5 Å². The molecular formula is C20H24Cl3N5O2. The van der Waals surface area contributed by atoms with E-state index >= 15 is 0 Å². The van der Waals surface area contributed by atoms with Gasteiger partial charge >= 0.3 is 0 Å². The number of amides is 1. The Morgan fingerprint density at radius 3 is 2.60 bits per heavy atom. The van der Waals surface area contributed by atoms with E-state index in [1.165, 1.54) is 6.20 Å². The van der Waals surface area contributed by atoms with Gasteiger partial charge in [0.1, 0.15) is 5.02 Å². The summed E-state index contributed by atoms with van der Waals surface area (Å²) in [6.07, 6.45) is 4.08. The molecule has 0 bridgehead atoms. The lowest BCUT2D eigenvalue weighted by atomic mass is 10.0. The second-order valence-electron chi connectivity index (χ2n) is 7.23. The van der Waals surface area contributed by atoms with Crippen LogP contribution in [0.3, 0.4) is 0 Å². The zero-order valence-corrected chi connectivity index (χ0v) is 18.9. The predicted octanol–water partition coefficient (Wildman–Crippen LogP) is 3.60. The number of hydrogen-bond acceptors (Lipinski definition) is 5. The minimum Gasteiger partial charge on any atom is -0.381 e. The van der Waals surface area contributed by atoms with Crippen molar-refractivity contribution in [2.45, 2.75) is 32.2 Å². The molecule has 0 unspecified atom stereocenters. The molecule has 0 spiro atoms. The second-order valence-corrected chi connectivity index (χ2v) is 8.42. The lowest BCUT2D eigenvalue weighted by Gasteiger charge is -2.32. The number of piperidine rings is 1. The monoisotopic (exact) mass is 471 g/mol. The molecule has 1 aromatic heterocycles. The van der Waals surface area contributed by atoms with Gasteiger partial charge in [0, 0.05) is 25.7 Å². The van der Waals surface area contributed by atoms with Gasteiger partial charge in [-0.05, 0) is 37.5 Å². The minimum absolute atomic E-state index is 0.0769. The van der Waals surface area contributed by atoms with Crippen LogP contribution < -0.4 is 16.2 Å². The maximum absolute atomic E-state index is 12.3. The summed E-state index contributed by atoms with van der Waals surface area (Å²) in [4.78, 5) is 26.3. The molecule has 0 saturated carbocycles. The predicted molar refractivity (Wildman–Crippen MR) is 121 cm³/mol. The smallest absolute Gasteiger partial charge is 0.291 e. The average molecular weight is 473 g/mol.